The zero-order valence-electron chi connectivity index (χ0n) is 10.9. The first-order chi connectivity index (χ1) is 9.64. The third kappa shape index (κ3) is 5.21. The number of amides is 2. The van der Waals surface area contributed by atoms with Gasteiger partial charge in [0, 0.05) is 26.0 Å². The van der Waals surface area contributed by atoms with Crippen LogP contribution in [0, 0.1) is 5.92 Å². The summed E-state index contributed by atoms with van der Waals surface area (Å²) in [5.41, 5.74) is 0. The first-order valence-corrected chi connectivity index (χ1v) is 6.12. The Balaban J connectivity index is 2.60. The average molecular weight is 312 g/mol. The molecule has 0 aromatic heterocycles. The molecule has 0 radical (unpaired) electrons. The molecule has 0 aromatic carbocycles. The normalized spacial score (nSPS) is 20.5. The number of carboxylic acids is 1. The standard InChI is InChI=1S/C11H15F3N2O5/c12-11(13,14)5-16-4-6(3-8(16)18)9(19)15-7(1-2-17)10(20)21/h6-7,17H,1-5H2,(H,15,19)(H,20,21). The fourth-order valence-corrected chi connectivity index (χ4v) is 1.99. The minimum Gasteiger partial charge on any atom is -0.480 e. The molecule has 10 heteroatoms. The molecule has 0 aromatic rings. The van der Waals surface area contributed by atoms with Gasteiger partial charge in [-0.1, -0.05) is 0 Å². The Morgan fingerprint density at radius 2 is 2.05 bits per heavy atom. The topological polar surface area (TPSA) is 107 Å². The van der Waals surface area contributed by atoms with Crippen LogP contribution in [0.2, 0.25) is 0 Å². The van der Waals surface area contributed by atoms with E-state index in [0.29, 0.717) is 4.90 Å². The summed E-state index contributed by atoms with van der Waals surface area (Å²) in [4.78, 5) is 34.5. The van der Waals surface area contributed by atoms with Crippen molar-refractivity contribution in [3.05, 3.63) is 0 Å². The van der Waals surface area contributed by atoms with E-state index >= 15 is 0 Å². The zero-order valence-corrected chi connectivity index (χ0v) is 10.9. The van der Waals surface area contributed by atoms with Crippen molar-refractivity contribution in [3.8, 4) is 0 Å². The maximum Gasteiger partial charge on any atom is 0.406 e. The molecule has 120 valence electrons. The number of alkyl halides is 3. The van der Waals surface area contributed by atoms with E-state index in [2.05, 4.69) is 5.32 Å². The van der Waals surface area contributed by atoms with E-state index in [1.54, 1.807) is 0 Å². The molecule has 3 N–H and O–H groups in total. The maximum atomic E-state index is 12.2. The summed E-state index contributed by atoms with van der Waals surface area (Å²) in [5, 5.41) is 19.6. The number of hydrogen-bond acceptors (Lipinski definition) is 4. The number of aliphatic carboxylic acids is 1. The number of aliphatic hydroxyl groups excluding tert-OH is 1. The third-order valence-electron chi connectivity index (χ3n) is 2.99. The number of carbonyl (C=O) groups is 3. The van der Waals surface area contributed by atoms with Crippen LogP contribution in [0.3, 0.4) is 0 Å². The van der Waals surface area contributed by atoms with Gasteiger partial charge in [0.05, 0.1) is 5.92 Å². The SMILES string of the molecule is O=C(NC(CCO)C(=O)O)C1CC(=O)N(CC(F)(F)F)C1. The van der Waals surface area contributed by atoms with Crippen LogP contribution in [0.1, 0.15) is 12.8 Å². The highest BCUT2D eigenvalue weighted by Gasteiger charge is 2.41. The summed E-state index contributed by atoms with van der Waals surface area (Å²) in [5.74, 6) is -4.01. The molecule has 2 amide bonds. The Bertz CT molecular complexity index is 427. The van der Waals surface area contributed by atoms with Gasteiger partial charge in [-0.15, -0.1) is 0 Å². The number of hydrogen-bond donors (Lipinski definition) is 3. The van der Waals surface area contributed by atoms with Crippen molar-refractivity contribution in [2.75, 3.05) is 19.7 Å². The predicted octanol–water partition coefficient (Wildman–Crippen LogP) is -0.651. The van der Waals surface area contributed by atoms with Crippen molar-refractivity contribution >= 4 is 17.8 Å². The molecule has 1 aliphatic rings. The van der Waals surface area contributed by atoms with E-state index < -0.39 is 62.0 Å². The molecule has 1 aliphatic heterocycles. The first-order valence-electron chi connectivity index (χ1n) is 6.12. The molecule has 1 saturated heterocycles. The molecular weight excluding hydrogens is 297 g/mol. The van der Waals surface area contributed by atoms with Gasteiger partial charge >= 0.3 is 12.1 Å². The van der Waals surface area contributed by atoms with E-state index in [-0.39, 0.29) is 6.42 Å². The predicted molar refractivity (Wildman–Crippen MR) is 62.0 cm³/mol. The van der Waals surface area contributed by atoms with Gasteiger partial charge in [-0.05, 0) is 0 Å². The number of carboxylic acid groups (broad SMARTS) is 1. The Hall–Kier alpha value is -1.84. The molecule has 0 saturated carbocycles. The van der Waals surface area contributed by atoms with Gasteiger partial charge in [-0.3, -0.25) is 9.59 Å². The van der Waals surface area contributed by atoms with Crippen molar-refractivity contribution < 1.29 is 37.8 Å². The molecule has 1 fully saturated rings. The van der Waals surface area contributed by atoms with Crippen LogP contribution in [0.4, 0.5) is 13.2 Å². The Kier molecular flexibility index (Phi) is 5.53. The molecule has 0 aliphatic carbocycles. The number of aliphatic hydroxyl groups is 1. The van der Waals surface area contributed by atoms with Crippen LogP contribution >= 0.6 is 0 Å². The smallest absolute Gasteiger partial charge is 0.406 e. The van der Waals surface area contributed by atoms with E-state index in [0.717, 1.165) is 0 Å². The van der Waals surface area contributed by atoms with Gasteiger partial charge in [0.25, 0.3) is 0 Å². The fraction of sp³-hybridized carbons (Fsp3) is 0.727. The maximum absolute atomic E-state index is 12.2. The van der Waals surface area contributed by atoms with Crippen LogP contribution in [0.5, 0.6) is 0 Å². The van der Waals surface area contributed by atoms with Crippen molar-refractivity contribution in [1.82, 2.24) is 10.2 Å². The zero-order chi connectivity index (χ0) is 16.2. The van der Waals surface area contributed by atoms with E-state index in [1.807, 2.05) is 0 Å². The van der Waals surface area contributed by atoms with Crippen molar-refractivity contribution in [1.29, 1.82) is 0 Å². The molecule has 7 nitrogen and oxygen atoms in total. The minimum atomic E-state index is -4.55. The van der Waals surface area contributed by atoms with Crippen LogP contribution in [-0.2, 0) is 14.4 Å². The number of halogens is 3. The summed E-state index contributed by atoms with van der Waals surface area (Å²) in [6, 6.07) is -1.34. The highest BCUT2D eigenvalue weighted by atomic mass is 19.4. The third-order valence-corrected chi connectivity index (χ3v) is 2.99. The van der Waals surface area contributed by atoms with Crippen molar-refractivity contribution in [3.63, 3.8) is 0 Å². The summed E-state index contributed by atoms with van der Waals surface area (Å²) >= 11 is 0. The van der Waals surface area contributed by atoms with Crippen LogP contribution < -0.4 is 5.32 Å². The molecule has 0 spiro atoms. The second-order valence-electron chi connectivity index (χ2n) is 4.70. The van der Waals surface area contributed by atoms with Crippen LogP contribution in [0.15, 0.2) is 0 Å². The molecule has 2 unspecified atom stereocenters. The van der Waals surface area contributed by atoms with Gasteiger partial charge in [0.1, 0.15) is 12.6 Å². The molecule has 2 atom stereocenters. The average Bonchev–Trinajstić information content (AvgIpc) is 2.68. The molecule has 21 heavy (non-hydrogen) atoms. The highest BCUT2D eigenvalue weighted by Crippen LogP contribution is 2.24. The second-order valence-corrected chi connectivity index (χ2v) is 4.70. The summed E-state index contributed by atoms with van der Waals surface area (Å²) in [6.45, 7) is -2.31. The van der Waals surface area contributed by atoms with Gasteiger partial charge in [-0.25, -0.2) is 4.79 Å². The highest BCUT2D eigenvalue weighted by molar-refractivity contribution is 5.91. The first kappa shape index (κ1) is 17.2. The minimum absolute atomic E-state index is 0.228. The van der Waals surface area contributed by atoms with E-state index in [4.69, 9.17) is 10.2 Å². The quantitative estimate of drug-likeness (QED) is 0.604. The van der Waals surface area contributed by atoms with Crippen LogP contribution in [0.25, 0.3) is 0 Å². The lowest BCUT2D eigenvalue weighted by Crippen LogP contribution is -2.45. The van der Waals surface area contributed by atoms with Crippen molar-refractivity contribution in [2.45, 2.75) is 25.1 Å². The number of nitrogens with zero attached hydrogens (tertiary/aromatic N) is 1. The lowest BCUT2D eigenvalue weighted by Gasteiger charge is -2.19. The Morgan fingerprint density at radius 1 is 1.43 bits per heavy atom. The molecule has 1 heterocycles. The monoisotopic (exact) mass is 312 g/mol. The number of rotatable bonds is 6. The van der Waals surface area contributed by atoms with Gasteiger partial charge in [0.2, 0.25) is 11.8 Å². The number of nitrogens with one attached hydrogen (secondary N) is 1. The second kappa shape index (κ2) is 6.74. The molecular formula is C11H15F3N2O5. The Morgan fingerprint density at radius 3 is 2.52 bits per heavy atom. The van der Waals surface area contributed by atoms with E-state index in [9.17, 15) is 27.6 Å². The van der Waals surface area contributed by atoms with Gasteiger partial charge in [-0.2, -0.15) is 13.2 Å². The Labute approximate surface area is 117 Å². The molecule has 1 rings (SSSR count). The summed E-state index contributed by atoms with van der Waals surface area (Å²) in [6.07, 6.45) is -5.18. The van der Waals surface area contributed by atoms with Gasteiger partial charge in [0.15, 0.2) is 0 Å². The number of likely N-dealkylation sites (tertiary alicyclic amines) is 1. The lowest BCUT2D eigenvalue weighted by atomic mass is 10.1. The largest absolute Gasteiger partial charge is 0.480 e. The summed E-state index contributed by atoms with van der Waals surface area (Å²) < 4.78 is 36.7. The lowest BCUT2D eigenvalue weighted by molar-refractivity contribution is -0.157. The van der Waals surface area contributed by atoms with Crippen LogP contribution in [-0.4, -0.2) is 64.8 Å². The summed E-state index contributed by atoms with van der Waals surface area (Å²) in [7, 11) is 0. The van der Waals surface area contributed by atoms with E-state index in [1.165, 1.54) is 0 Å². The van der Waals surface area contributed by atoms with Crippen molar-refractivity contribution in [2.24, 2.45) is 5.92 Å². The fourth-order valence-electron chi connectivity index (χ4n) is 1.99. The van der Waals surface area contributed by atoms with Gasteiger partial charge < -0.3 is 20.4 Å². The molecule has 0 bridgehead atoms. The number of carbonyl (C=O) groups excluding carboxylic acids is 2.